The van der Waals surface area contributed by atoms with Gasteiger partial charge < -0.3 is 14.7 Å². The van der Waals surface area contributed by atoms with Crippen molar-refractivity contribution in [1.29, 1.82) is 0 Å². The lowest BCUT2D eigenvalue weighted by molar-refractivity contribution is 0.0636. The quantitative estimate of drug-likeness (QED) is 0.802. The van der Waals surface area contributed by atoms with Crippen LogP contribution in [0, 0.1) is 12.7 Å². The fourth-order valence-electron chi connectivity index (χ4n) is 2.72. The molecule has 146 valence electrons. The summed E-state index contributed by atoms with van der Waals surface area (Å²) in [6.45, 7) is 7.27. The summed E-state index contributed by atoms with van der Waals surface area (Å²) in [5.41, 5.74) is 2.37. The zero-order chi connectivity index (χ0) is 20.2. The second-order valence-corrected chi connectivity index (χ2v) is 7.54. The van der Waals surface area contributed by atoms with Gasteiger partial charge in [-0.25, -0.2) is 9.18 Å². The fraction of sp³-hybridized carbons (Fsp3) is 0.381. The van der Waals surface area contributed by atoms with Crippen LogP contribution in [0.4, 0.5) is 20.6 Å². The van der Waals surface area contributed by atoms with E-state index in [1.807, 2.05) is 18.2 Å². The largest absolute Gasteiger partial charge is 0.444 e. The van der Waals surface area contributed by atoms with Gasteiger partial charge in [-0.05, 0) is 57.0 Å². The summed E-state index contributed by atoms with van der Waals surface area (Å²) in [5.74, 6) is -0.414. The van der Waals surface area contributed by atoms with Crippen molar-refractivity contribution in [2.45, 2.75) is 46.4 Å². The Hall–Kier alpha value is -2.60. The minimum atomic E-state index is -0.574. The van der Waals surface area contributed by atoms with Gasteiger partial charge in [-0.15, -0.1) is 0 Å². The first kappa shape index (κ1) is 20.7. The highest BCUT2D eigenvalue weighted by Gasteiger charge is 2.17. The highest BCUT2D eigenvalue weighted by atomic mass is 19.1. The first-order valence-electron chi connectivity index (χ1n) is 8.79. The summed E-state index contributed by atoms with van der Waals surface area (Å²) < 4.78 is 19.9. The molecule has 27 heavy (non-hydrogen) atoms. The standard InChI is InChI=1S/C21H27FN2O3/c1-14-9-10-18(19(22)17(14)13-25)24(5)12-15-7-6-8-16(11-15)23-20(26)27-21(2,3)4/h6-11,25H,12-13H2,1-5H3,(H,23,26). The molecule has 0 unspecified atom stereocenters. The molecule has 2 N–H and O–H groups in total. The van der Waals surface area contributed by atoms with E-state index in [2.05, 4.69) is 5.32 Å². The second kappa shape index (κ2) is 8.39. The summed E-state index contributed by atoms with van der Waals surface area (Å²) in [7, 11) is 1.78. The van der Waals surface area contributed by atoms with Crippen LogP contribution in [-0.2, 0) is 17.9 Å². The van der Waals surface area contributed by atoms with Crippen molar-refractivity contribution in [3.63, 3.8) is 0 Å². The van der Waals surface area contributed by atoms with E-state index in [9.17, 15) is 14.3 Å². The Morgan fingerprint density at radius 1 is 1.26 bits per heavy atom. The number of halogens is 1. The molecule has 0 fully saturated rings. The highest BCUT2D eigenvalue weighted by Crippen LogP contribution is 2.26. The van der Waals surface area contributed by atoms with Crippen LogP contribution >= 0.6 is 0 Å². The van der Waals surface area contributed by atoms with E-state index in [0.29, 0.717) is 23.5 Å². The molecular weight excluding hydrogens is 347 g/mol. The van der Waals surface area contributed by atoms with Gasteiger partial charge in [-0.2, -0.15) is 0 Å². The molecule has 6 heteroatoms. The van der Waals surface area contributed by atoms with Crippen molar-refractivity contribution in [3.8, 4) is 0 Å². The third-order valence-electron chi connectivity index (χ3n) is 4.02. The van der Waals surface area contributed by atoms with E-state index < -0.39 is 17.5 Å². The van der Waals surface area contributed by atoms with Crippen LogP contribution < -0.4 is 10.2 Å². The van der Waals surface area contributed by atoms with Gasteiger partial charge in [0.15, 0.2) is 5.82 Å². The molecule has 2 rings (SSSR count). The first-order valence-corrected chi connectivity index (χ1v) is 8.79. The smallest absolute Gasteiger partial charge is 0.412 e. The number of aliphatic hydroxyl groups excluding tert-OH is 1. The number of hydrogen-bond acceptors (Lipinski definition) is 4. The molecule has 1 amide bonds. The number of nitrogens with zero attached hydrogens (tertiary/aromatic N) is 1. The fourth-order valence-corrected chi connectivity index (χ4v) is 2.72. The number of rotatable bonds is 5. The second-order valence-electron chi connectivity index (χ2n) is 7.54. The maximum Gasteiger partial charge on any atom is 0.412 e. The number of benzene rings is 2. The number of carbonyl (C=O) groups excluding carboxylic acids is 1. The van der Waals surface area contributed by atoms with Gasteiger partial charge in [0.1, 0.15) is 5.60 Å². The Labute approximate surface area is 159 Å². The van der Waals surface area contributed by atoms with Gasteiger partial charge in [0.2, 0.25) is 0 Å². The molecule has 0 radical (unpaired) electrons. The monoisotopic (exact) mass is 374 g/mol. The Bertz CT molecular complexity index is 816. The summed E-state index contributed by atoms with van der Waals surface area (Å²) >= 11 is 0. The van der Waals surface area contributed by atoms with Gasteiger partial charge in [-0.3, -0.25) is 5.32 Å². The lowest BCUT2D eigenvalue weighted by atomic mass is 10.1. The zero-order valence-electron chi connectivity index (χ0n) is 16.5. The Morgan fingerprint density at radius 2 is 1.96 bits per heavy atom. The molecule has 0 spiro atoms. The topological polar surface area (TPSA) is 61.8 Å². The molecule has 0 bridgehead atoms. The maximum absolute atomic E-state index is 14.6. The molecule has 0 aliphatic rings. The molecule has 0 saturated carbocycles. The molecule has 0 atom stereocenters. The predicted octanol–water partition coefficient (Wildman–Crippen LogP) is 4.61. The number of aliphatic hydroxyl groups is 1. The molecule has 5 nitrogen and oxygen atoms in total. The molecule has 0 aromatic heterocycles. The van der Waals surface area contributed by atoms with E-state index in [4.69, 9.17) is 4.74 Å². The normalized spacial score (nSPS) is 11.2. The van der Waals surface area contributed by atoms with Crippen molar-refractivity contribution < 1.29 is 19.0 Å². The average Bonchev–Trinajstić information content (AvgIpc) is 2.53. The van der Waals surface area contributed by atoms with Crippen molar-refractivity contribution in [3.05, 3.63) is 58.9 Å². The van der Waals surface area contributed by atoms with E-state index >= 15 is 0 Å². The Balaban J connectivity index is 2.13. The van der Waals surface area contributed by atoms with E-state index in [-0.39, 0.29) is 6.61 Å². The maximum atomic E-state index is 14.6. The highest BCUT2D eigenvalue weighted by molar-refractivity contribution is 5.84. The average molecular weight is 374 g/mol. The van der Waals surface area contributed by atoms with Crippen molar-refractivity contribution in [2.75, 3.05) is 17.3 Å². The van der Waals surface area contributed by atoms with E-state index in [1.54, 1.807) is 57.8 Å². The molecular formula is C21H27FN2O3. The van der Waals surface area contributed by atoms with Crippen molar-refractivity contribution in [1.82, 2.24) is 0 Å². The van der Waals surface area contributed by atoms with Crippen LogP contribution in [0.15, 0.2) is 36.4 Å². The summed E-state index contributed by atoms with van der Waals surface area (Å²) in [6, 6.07) is 10.8. The number of aryl methyl sites for hydroxylation is 1. The van der Waals surface area contributed by atoms with Crippen LogP contribution in [0.5, 0.6) is 0 Å². The number of anilines is 2. The van der Waals surface area contributed by atoms with Crippen LogP contribution in [0.1, 0.15) is 37.5 Å². The Morgan fingerprint density at radius 3 is 2.59 bits per heavy atom. The van der Waals surface area contributed by atoms with Gasteiger partial charge in [-0.1, -0.05) is 18.2 Å². The van der Waals surface area contributed by atoms with Gasteiger partial charge in [0.05, 0.1) is 12.3 Å². The number of carbonyl (C=O) groups is 1. The van der Waals surface area contributed by atoms with Crippen LogP contribution in [0.2, 0.25) is 0 Å². The van der Waals surface area contributed by atoms with E-state index in [0.717, 1.165) is 11.1 Å². The number of nitrogens with one attached hydrogen (secondary N) is 1. The third kappa shape index (κ3) is 5.69. The summed E-state index contributed by atoms with van der Waals surface area (Å²) in [5, 5.41) is 12.1. The Kier molecular flexibility index (Phi) is 6.44. The zero-order valence-corrected chi connectivity index (χ0v) is 16.5. The van der Waals surface area contributed by atoms with Crippen molar-refractivity contribution >= 4 is 17.5 Å². The van der Waals surface area contributed by atoms with Crippen LogP contribution in [0.3, 0.4) is 0 Å². The lowest BCUT2D eigenvalue weighted by Gasteiger charge is -2.22. The third-order valence-corrected chi connectivity index (χ3v) is 4.02. The number of hydrogen-bond donors (Lipinski definition) is 2. The SMILES string of the molecule is Cc1ccc(N(C)Cc2cccc(NC(=O)OC(C)(C)C)c2)c(F)c1CO. The molecule has 0 saturated heterocycles. The molecule has 0 heterocycles. The summed E-state index contributed by atoms with van der Waals surface area (Å²) in [6.07, 6.45) is -0.523. The number of amides is 1. The van der Waals surface area contributed by atoms with Crippen molar-refractivity contribution in [2.24, 2.45) is 0 Å². The lowest BCUT2D eigenvalue weighted by Crippen LogP contribution is -2.27. The first-order chi connectivity index (χ1) is 12.6. The van der Waals surface area contributed by atoms with Crippen LogP contribution in [-0.4, -0.2) is 23.8 Å². The number of ether oxygens (including phenoxy) is 1. The molecule has 2 aromatic carbocycles. The van der Waals surface area contributed by atoms with E-state index in [1.165, 1.54) is 0 Å². The predicted molar refractivity (Wildman–Crippen MR) is 105 cm³/mol. The van der Waals surface area contributed by atoms with Gasteiger partial charge in [0.25, 0.3) is 0 Å². The van der Waals surface area contributed by atoms with Gasteiger partial charge >= 0.3 is 6.09 Å². The minimum Gasteiger partial charge on any atom is -0.444 e. The molecule has 2 aromatic rings. The summed E-state index contributed by atoms with van der Waals surface area (Å²) in [4.78, 5) is 13.7. The molecule has 0 aliphatic carbocycles. The van der Waals surface area contributed by atoms with Crippen LogP contribution in [0.25, 0.3) is 0 Å². The molecule has 0 aliphatic heterocycles. The van der Waals surface area contributed by atoms with Gasteiger partial charge in [0, 0.05) is 24.8 Å². The minimum absolute atomic E-state index is 0.305.